The summed E-state index contributed by atoms with van der Waals surface area (Å²) in [5.41, 5.74) is 4.22. The van der Waals surface area contributed by atoms with E-state index in [-0.39, 0.29) is 52.4 Å². The van der Waals surface area contributed by atoms with Gasteiger partial charge in [-0.3, -0.25) is 9.88 Å². The molecule has 2 aromatic carbocycles. The first-order valence-electron chi connectivity index (χ1n) is 20.1. The zero-order valence-electron chi connectivity index (χ0n) is 35.1. The van der Waals surface area contributed by atoms with Crippen LogP contribution in [0, 0.1) is 17.3 Å². The van der Waals surface area contributed by atoms with Gasteiger partial charge in [0.05, 0.1) is 24.1 Å². The third-order valence-corrected chi connectivity index (χ3v) is 17.7. The number of amides is 1. The maximum absolute atomic E-state index is 17.4. The molecule has 4 heterocycles. The van der Waals surface area contributed by atoms with Gasteiger partial charge in [-0.15, -0.1) is 5.54 Å². The number of hydrogen-bond donors (Lipinski definition) is 0. The summed E-state index contributed by atoms with van der Waals surface area (Å²) >= 11 is 0. The van der Waals surface area contributed by atoms with Crippen LogP contribution in [0.1, 0.15) is 99.6 Å². The van der Waals surface area contributed by atoms with Crippen LogP contribution >= 0.6 is 0 Å². The number of nitrogens with zero attached hydrogens (tertiary/aromatic N) is 5. The van der Waals surface area contributed by atoms with Crippen LogP contribution in [0.25, 0.3) is 32.9 Å². The third kappa shape index (κ3) is 8.33. The maximum atomic E-state index is 17.4. The molecule has 58 heavy (non-hydrogen) atoms. The Morgan fingerprint density at radius 3 is 2.22 bits per heavy atom. The number of rotatable bonds is 10. The van der Waals surface area contributed by atoms with Gasteiger partial charge in [-0.25, -0.2) is 22.8 Å². The minimum Gasteiger partial charge on any atom is -0.463 e. The second-order valence-electron chi connectivity index (χ2n) is 17.2. The van der Waals surface area contributed by atoms with Gasteiger partial charge in [0.1, 0.15) is 30.7 Å². The van der Waals surface area contributed by atoms with E-state index in [1.165, 1.54) is 18.3 Å². The fourth-order valence-corrected chi connectivity index (χ4v) is 14.2. The van der Waals surface area contributed by atoms with Crippen LogP contribution in [0.4, 0.5) is 23.8 Å². The lowest BCUT2D eigenvalue weighted by atomic mass is 9.94. The number of ether oxygens (including phenoxy) is 3. The van der Waals surface area contributed by atoms with E-state index in [2.05, 4.69) is 68.0 Å². The number of fused-ring (bicyclic) bond motifs is 4. The van der Waals surface area contributed by atoms with Gasteiger partial charge >= 0.3 is 18.1 Å². The van der Waals surface area contributed by atoms with Gasteiger partial charge in [-0.2, -0.15) is 9.97 Å². The van der Waals surface area contributed by atoms with E-state index in [1.807, 2.05) is 31.7 Å². The lowest BCUT2D eigenvalue weighted by molar-refractivity contribution is -0.145. The summed E-state index contributed by atoms with van der Waals surface area (Å²) in [6.45, 7) is 20.7. The van der Waals surface area contributed by atoms with Crippen molar-refractivity contribution in [3.63, 3.8) is 0 Å². The van der Waals surface area contributed by atoms with E-state index >= 15 is 4.39 Å². The van der Waals surface area contributed by atoms with Crippen LogP contribution in [-0.2, 0) is 14.3 Å². The molecule has 6 rings (SSSR count). The molecular formula is C44H54F3N5O5Si. The highest BCUT2D eigenvalue weighted by Crippen LogP contribution is 2.43. The van der Waals surface area contributed by atoms with Crippen molar-refractivity contribution in [3.05, 3.63) is 53.5 Å². The van der Waals surface area contributed by atoms with Crippen molar-refractivity contribution in [2.45, 2.75) is 123 Å². The van der Waals surface area contributed by atoms with Gasteiger partial charge in [0.2, 0.25) is 0 Å². The highest BCUT2D eigenvalue weighted by molar-refractivity contribution is 6.90. The zero-order chi connectivity index (χ0) is 42.3. The Morgan fingerprint density at radius 1 is 0.983 bits per heavy atom. The highest BCUT2D eigenvalue weighted by Gasteiger charge is 2.45. The van der Waals surface area contributed by atoms with Crippen LogP contribution in [0.5, 0.6) is 6.01 Å². The Morgan fingerprint density at radius 2 is 1.64 bits per heavy atom. The van der Waals surface area contributed by atoms with Crippen molar-refractivity contribution < 1.29 is 37.0 Å². The van der Waals surface area contributed by atoms with Crippen molar-refractivity contribution in [2.24, 2.45) is 0 Å². The Hall–Kier alpha value is -4.90. The van der Waals surface area contributed by atoms with Crippen LogP contribution in [0.15, 0.2) is 36.5 Å². The lowest BCUT2D eigenvalue weighted by Gasteiger charge is -2.42. The first-order chi connectivity index (χ1) is 27.4. The highest BCUT2D eigenvalue weighted by atomic mass is 28.3. The number of aromatic nitrogens is 3. The Bertz CT molecular complexity index is 2230. The summed E-state index contributed by atoms with van der Waals surface area (Å²) < 4.78 is 62.8. The number of carbonyl (C=O) groups excluding carboxylic acids is 2. The Labute approximate surface area is 339 Å². The molecule has 1 amide bonds. The van der Waals surface area contributed by atoms with Gasteiger partial charge in [0.25, 0.3) is 6.43 Å². The van der Waals surface area contributed by atoms with Gasteiger partial charge in [0, 0.05) is 41.4 Å². The second kappa shape index (κ2) is 16.8. The molecule has 2 atom stereocenters. The first-order valence-corrected chi connectivity index (χ1v) is 22.4. The number of alkyl halides is 2. The van der Waals surface area contributed by atoms with E-state index in [0.29, 0.717) is 51.9 Å². The first kappa shape index (κ1) is 42.7. The van der Waals surface area contributed by atoms with Crippen molar-refractivity contribution in [3.8, 4) is 28.7 Å². The van der Waals surface area contributed by atoms with Crippen molar-refractivity contribution in [1.29, 1.82) is 0 Å². The molecule has 0 N–H and O–H groups in total. The maximum Gasteiger partial charge on any atom is 0.410 e. The third-order valence-electron chi connectivity index (χ3n) is 11.4. The number of piperazine rings is 1. The second-order valence-corrected chi connectivity index (χ2v) is 22.8. The number of halogens is 3. The number of hydrogen-bond acceptors (Lipinski definition) is 9. The van der Waals surface area contributed by atoms with Gasteiger partial charge in [-0.1, -0.05) is 59.6 Å². The van der Waals surface area contributed by atoms with E-state index in [1.54, 1.807) is 24.0 Å². The molecule has 310 valence electrons. The van der Waals surface area contributed by atoms with E-state index < -0.39 is 44.6 Å². The van der Waals surface area contributed by atoms with Crippen molar-refractivity contribution in [2.75, 3.05) is 31.2 Å². The summed E-state index contributed by atoms with van der Waals surface area (Å²) in [5, 5.41) is 1.24. The number of carbonyl (C=O) groups is 2. The standard InChI is InChI=1S/C44H54F3N5O5Si/c1-11-55-35(53)24-56-42-49-39-34(41(50-42)51-22-31-15-16-32(23-51)52(31)43(54)57-44(8,9)10)21-48-38(37(39)45)33-20-30(40(46)47)19-29-14-12-13-28(36(29)33)17-18-58(25(2)3,26(4)5)27(6)7/h12-14,19-21,25-27,31-32,40H,11,15-16,22-24H2,1-10H3/t31-,32+. The smallest absolute Gasteiger partial charge is 0.410 e. The minimum absolute atomic E-state index is 0.133. The summed E-state index contributed by atoms with van der Waals surface area (Å²) in [5.74, 6) is 2.24. The molecule has 10 nitrogen and oxygen atoms in total. The average Bonchev–Trinajstić information content (AvgIpc) is 3.42. The van der Waals surface area contributed by atoms with Gasteiger partial charge in [0.15, 0.2) is 12.4 Å². The normalized spacial score (nSPS) is 17.1. The van der Waals surface area contributed by atoms with E-state index in [9.17, 15) is 18.4 Å². The van der Waals surface area contributed by atoms with Crippen LogP contribution in [0.3, 0.4) is 0 Å². The molecular weight excluding hydrogens is 764 g/mol. The van der Waals surface area contributed by atoms with E-state index in [0.717, 1.165) is 12.8 Å². The fourth-order valence-electron chi connectivity index (χ4n) is 9.01. The summed E-state index contributed by atoms with van der Waals surface area (Å²) in [6.07, 6.45) is -0.309. The predicted octanol–water partition coefficient (Wildman–Crippen LogP) is 10.0. The van der Waals surface area contributed by atoms with Gasteiger partial charge in [-0.05, 0) is 80.7 Å². The molecule has 0 aliphatic carbocycles. The van der Waals surface area contributed by atoms with Crippen LogP contribution in [-0.4, -0.2) is 84.0 Å². The van der Waals surface area contributed by atoms with Crippen LogP contribution < -0.4 is 9.64 Å². The zero-order valence-corrected chi connectivity index (χ0v) is 36.1. The Balaban J connectivity index is 1.53. The van der Waals surface area contributed by atoms with E-state index in [4.69, 9.17) is 14.2 Å². The fraction of sp³-hybridized carbons (Fsp3) is 0.523. The van der Waals surface area contributed by atoms with Crippen LogP contribution in [0.2, 0.25) is 16.6 Å². The minimum atomic E-state index is -2.84. The number of benzene rings is 2. The molecule has 0 spiro atoms. The summed E-state index contributed by atoms with van der Waals surface area (Å²) in [6, 6.07) is 7.36. The monoisotopic (exact) mass is 817 g/mol. The molecule has 14 heteroatoms. The quantitative estimate of drug-likeness (QED) is 0.0878. The molecule has 0 saturated carbocycles. The SMILES string of the molecule is CCOC(=O)COc1nc(N2C[C@H]3CC[C@@H](C2)N3C(=O)OC(C)(C)C)c2cnc(-c3cc(C(F)F)cc4cccc(C#C[Si](C(C)C)(C(C)C)C(C)C)c34)c(F)c2n1. The lowest BCUT2D eigenvalue weighted by Crippen LogP contribution is -2.57. The average molecular weight is 818 g/mol. The molecule has 4 aromatic rings. The van der Waals surface area contributed by atoms with Crippen molar-refractivity contribution in [1.82, 2.24) is 19.9 Å². The predicted molar refractivity (Wildman–Crippen MR) is 222 cm³/mol. The summed E-state index contributed by atoms with van der Waals surface area (Å²) in [4.78, 5) is 43.0. The number of esters is 1. The number of pyridine rings is 1. The Kier molecular flexibility index (Phi) is 12.3. The largest absolute Gasteiger partial charge is 0.463 e. The molecule has 2 aliphatic heterocycles. The molecule has 0 radical (unpaired) electrons. The number of anilines is 1. The molecule has 0 unspecified atom stereocenters. The molecule has 2 aliphatic rings. The topological polar surface area (TPSA) is 107 Å². The van der Waals surface area contributed by atoms with Gasteiger partial charge < -0.3 is 19.1 Å². The molecule has 2 fully saturated rings. The van der Waals surface area contributed by atoms with Crippen molar-refractivity contribution >= 4 is 47.6 Å². The molecule has 2 saturated heterocycles. The molecule has 2 bridgehead atoms. The molecule has 2 aromatic heterocycles. The summed E-state index contributed by atoms with van der Waals surface area (Å²) in [7, 11) is -2.22.